The van der Waals surface area contributed by atoms with E-state index >= 15 is 0 Å². The van der Waals surface area contributed by atoms with Crippen LogP contribution in [0.3, 0.4) is 0 Å². The number of nitrogens with zero attached hydrogens (tertiary/aromatic N) is 1. The zero-order valence-electron chi connectivity index (χ0n) is 11.3. The molecule has 88 valence electrons. The van der Waals surface area contributed by atoms with Crippen LogP contribution in [0.4, 0.5) is 0 Å². The minimum Gasteiger partial charge on any atom is -0.288 e. The van der Waals surface area contributed by atoms with Gasteiger partial charge in [0.05, 0.1) is 18.4 Å². The van der Waals surface area contributed by atoms with E-state index in [1.807, 2.05) is 0 Å². The zero-order chi connectivity index (χ0) is 11.9. The van der Waals surface area contributed by atoms with Gasteiger partial charge in [0.25, 0.3) is 0 Å². The molecule has 1 rings (SSSR count). The van der Waals surface area contributed by atoms with Crippen molar-refractivity contribution < 1.29 is 4.84 Å². The van der Waals surface area contributed by atoms with Crippen molar-refractivity contribution in [2.45, 2.75) is 78.0 Å². The molecular formula is C13H26NO+. The molecule has 0 atom stereocenters. The van der Waals surface area contributed by atoms with Gasteiger partial charge in [-0.15, -0.1) is 5.06 Å². The van der Waals surface area contributed by atoms with Crippen molar-refractivity contribution in [1.29, 1.82) is 0 Å². The van der Waals surface area contributed by atoms with Gasteiger partial charge in [-0.1, -0.05) is 0 Å². The van der Waals surface area contributed by atoms with Crippen LogP contribution in [-0.4, -0.2) is 21.7 Å². The number of rotatable bonds is 1. The van der Waals surface area contributed by atoms with Crippen LogP contribution in [0.2, 0.25) is 0 Å². The molecule has 0 N–H and O–H groups in total. The van der Waals surface area contributed by atoms with E-state index in [0.29, 0.717) is 0 Å². The second-order valence-corrected chi connectivity index (χ2v) is 6.71. The highest BCUT2D eigenvalue weighted by Crippen LogP contribution is 2.39. The van der Waals surface area contributed by atoms with Gasteiger partial charge < -0.3 is 0 Å². The van der Waals surface area contributed by atoms with Crippen LogP contribution in [0.1, 0.15) is 61.3 Å². The minimum absolute atomic E-state index is 0.0228. The molecule has 1 fully saturated rings. The van der Waals surface area contributed by atoms with Gasteiger partial charge in [-0.2, -0.15) is 0 Å². The molecule has 1 aliphatic heterocycles. The molecule has 0 amide bonds. The van der Waals surface area contributed by atoms with Gasteiger partial charge in [-0.3, -0.25) is 4.84 Å². The Balaban J connectivity index is 2.87. The van der Waals surface area contributed by atoms with Crippen LogP contribution >= 0.6 is 0 Å². The molecule has 0 radical (unpaired) electrons. The topological polar surface area (TPSA) is 12.5 Å². The summed E-state index contributed by atoms with van der Waals surface area (Å²) in [6, 6.07) is 0. The highest BCUT2D eigenvalue weighted by atomic mass is 16.7. The predicted octanol–water partition coefficient (Wildman–Crippen LogP) is 3.57. The van der Waals surface area contributed by atoms with Crippen molar-refractivity contribution in [3.63, 3.8) is 0 Å². The normalized spacial score (nSPS) is 26.1. The summed E-state index contributed by atoms with van der Waals surface area (Å²) in [6.07, 6.45) is 4.68. The molecule has 1 heterocycles. The summed E-state index contributed by atoms with van der Waals surface area (Å²) < 4.78 is 0. The first-order valence-corrected chi connectivity index (χ1v) is 5.88. The summed E-state index contributed by atoms with van der Waals surface area (Å²) in [6.45, 7) is 15.3. The fourth-order valence-corrected chi connectivity index (χ4v) is 2.26. The maximum atomic E-state index is 6.11. The number of hydrogen-bond donors (Lipinski definition) is 0. The Morgan fingerprint density at radius 3 is 2.07 bits per heavy atom. The molecule has 1 aliphatic rings. The number of piperidine rings is 1. The van der Waals surface area contributed by atoms with Crippen LogP contribution in [0.5, 0.6) is 0 Å². The molecule has 15 heavy (non-hydrogen) atoms. The standard InChI is InChI=1S/C13H26NO/c1-11(2,3)15-14-12(4,5)9-8-10-13(14,6)7/h9H,8,10H2,1-7H3/q+1. The van der Waals surface area contributed by atoms with E-state index in [4.69, 9.17) is 4.84 Å². The van der Waals surface area contributed by atoms with E-state index in [1.54, 1.807) is 0 Å². The molecule has 0 aromatic rings. The Kier molecular flexibility index (Phi) is 3.15. The predicted molar refractivity (Wildman–Crippen MR) is 64.4 cm³/mol. The van der Waals surface area contributed by atoms with Crippen LogP contribution in [-0.2, 0) is 4.84 Å². The van der Waals surface area contributed by atoms with Crippen molar-refractivity contribution in [3.8, 4) is 0 Å². The molecule has 2 heteroatoms. The Morgan fingerprint density at radius 1 is 1.13 bits per heavy atom. The van der Waals surface area contributed by atoms with E-state index < -0.39 is 0 Å². The first-order chi connectivity index (χ1) is 6.55. The van der Waals surface area contributed by atoms with Gasteiger partial charge in [0, 0.05) is 12.0 Å². The Bertz CT molecular complexity index is 209. The number of hydroxylamine groups is 2. The van der Waals surface area contributed by atoms with Crippen molar-refractivity contribution in [3.05, 3.63) is 6.42 Å². The molecule has 0 aromatic carbocycles. The van der Waals surface area contributed by atoms with E-state index in [1.165, 1.54) is 6.42 Å². The quantitative estimate of drug-likeness (QED) is 0.616. The second kappa shape index (κ2) is 3.67. The third kappa shape index (κ3) is 3.12. The molecule has 0 aromatic heterocycles. The van der Waals surface area contributed by atoms with Crippen molar-refractivity contribution in [2.24, 2.45) is 0 Å². The third-order valence-electron chi connectivity index (χ3n) is 2.84. The summed E-state index contributed by atoms with van der Waals surface area (Å²) in [4.78, 5) is 6.11. The van der Waals surface area contributed by atoms with E-state index in [0.717, 1.165) is 6.42 Å². The van der Waals surface area contributed by atoms with Crippen LogP contribution in [0, 0.1) is 6.42 Å². The average molecular weight is 212 g/mol. The lowest BCUT2D eigenvalue weighted by molar-refractivity contribution is -0.314. The average Bonchev–Trinajstić information content (AvgIpc) is 1.95. The first-order valence-electron chi connectivity index (χ1n) is 5.88. The maximum Gasteiger partial charge on any atom is 0.178 e. The van der Waals surface area contributed by atoms with Crippen LogP contribution < -0.4 is 0 Å². The second-order valence-electron chi connectivity index (χ2n) is 6.71. The minimum atomic E-state index is -0.125. The lowest BCUT2D eigenvalue weighted by Gasteiger charge is -2.48. The smallest absolute Gasteiger partial charge is 0.178 e. The van der Waals surface area contributed by atoms with Crippen LogP contribution in [0.15, 0.2) is 0 Å². The van der Waals surface area contributed by atoms with Crippen LogP contribution in [0.25, 0.3) is 0 Å². The molecule has 1 saturated heterocycles. The lowest BCUT2D eigenvalue weighted by atomic mass is 9.82. The molecule has 0 aliphatic carbocycles. The Labute approximate surface area is 94.9 Å². The van der Waals surface area contributed by atoms with Gasteiger partial charge in [-0.25, -0.2) is 0 Å². The number of hydrogen-bond acceptors (Lipinski definition) is 2. The van der Waals surface area contributed by atoms with E-state index in [-0.39, 0.29) is 16.7 Å². The third-order valence-corrected chi connectivity index (χ3v) is 2.84. The van der Waals surface area contributed by atoms with Crippen molar-refractivity contribution >= 4 is 0 Å². The molecule has 0 spiro atoms. The molecule has 0 saturated carbocycles. The monoisotopic (exact) mass is 212 g/mol. The molecule has 0 bridgehead atoms. The molecule has 0 unspecified atom stereocenters. The Morgan fingerprint density at radius 2 is 1.67 bits per heavy atom. The zero-order valence-corrected chi connectivity index (χ0v) is 11.3. The van der Waals surface area contributed by atoms with E-state index in [9.17, 15) is 0 Å². The van der Waals surface area contributed by atoms with Gasteiger partial charge in [-0.05, 0) is 48.5 Å². The van der Waals surface area contributed by atoms with Gasteiger partial charge in [0.2, 0.25) is 0 Å². The fourth-order valence-electron chi connectivity index (χ4n) is 2.26. The fraction of sp³-hybridized carbons (Fsp3) is 0.923. The summed E-state index contributed by atoms with van der Waals surface area (Å²) in [5.41, 5.74) is 0.0142. The Hall–Kier alpha value is -0.210. The van der Waals surface area contributed by atoms with Gasteiger partial charge >= 0.3 is 0 Å². The summed E-state index contributed by atoms with van der Waals surface area (Å²) >= 11 is 0. The largest absolute Gasteiger partial charge is 0.288 e. The maximum absolute atomic E-state index is 6.11. The van der Waals surface area contributed by atoms with E-state index in [2.05, 4.69) is 60.0 Å². The highest BCUT2D eigenvalue weighted by molar-refractivity contribution is 5.03. The summed E-state index contributed by atoms with van der Waals surface area (Å²) in [5.74, 6) is 0. The summed E-state index contributed by atoms with van der Waals surface area (Å²) in [5, 5.41) is 2.17. The van der Waals surface area contributed by atoms with Gasteiger partial charge in [0.15, 0.2) is 5.54 Å². The molecular weight excluding hydrogens is 186 g/mol. The molecule has 2 nitrogen and oxygen atoms in total. The van der Waals surface area contributed by atoms with Gasteiger partial charge in [0.1, 0.15) is 0 Å². The SMILES string of the molecule is CC(C)(C)ON1C(C)(C)[CH+]CCC1(C)C. The van der Waals surface area contributed by atoms with Crippen molar-refractivity contribution in [2.75, 3.05) is 0 Å². The first kappa shape index (κ1) is 12.9. The summed E-state index contributed by atoms with van der Waals surface area (Å²) in [7, 11) is 0. The highest BCUT2D eigenvalue weighted by Gasteiger charge is 2.50. The lowest BCUT2D eigenvalue weighted by Crippen LogP contribution is -2.60. The van der Waals surface area contributed by atoms with Crippen molar-refractivity contribution in [1.82, 2.24) is 5.06 Å².